The summed E-state index contributed by atoms with van der Waals surface area (Å²) in [5, 5.41) is 9.27. The smallest absolute Gasteiger partial charge is 0.131 e. The van der Waals surface area contributed by atoms with E-state index >= 15 is 0 Å². The number of rotatable bonds is 9. The molecule has 0 saturated heterocycles. The molecule has 0 bridgehead atoms. The van der Waals surface area contributed by atoms with Crippen molar-refractivity contribution in [3.8, 4) is 22.3 Å². The minimum Gasteiger partial charge on any atom is -0.393 e. The largest absolute Gasteiger partial charge is 0.393 e. The number of aromatic nitrogens is 2. The summed E-state index contributed by atoms with van der Waals surface area (Å²) in [4.78, 5) is 8.67. The van der Waals surface area contributed by atoms with E-state index in [-0.39, 0.29) is 11.9 Å². The molecule has 1 N–H and O–H groups in total. The van der Waals surface area contributed by atoms with Crippen LogP contribution in [0.25, 0.3) is 28.3 Å². The van der Waals surface area contributed by atoms with Gasteiger partial charge in [0, 0.05) is 29.9 Å². The van der Waals surface area contributed by atoms with Crippen LogP contribution in [0.15, 0.2) is 73.6 Å². The van der Waals surface area contributed by atoms with Gasteiger partial charge in [-0.25, -0.2) is 14.4 Å². The van der Waals surface area contributed by atoms with Crippen molar-refractivity contribution in [2.75, 3.05) is 0 Å². The first-order valence-electron chi connectivity index (χ1n) is 10.2. The Hall–Kier alpha value is -3.11. The highest BCUT2D eigenvalue weighted by Crippen LogP contribution is 2.27. The molecule has 1 atom stereocenters. The lowest BCUT2D eigenvalue weighted by molar-refractivity contribution is 0.182. The van der Waals surface area contributed by atoms with Crippen molar-refractivity contribution in [1.29, 1.82) is 0 Å². The zero-order valence-corrected chi connectivity index (χ0v) is 17.3. The van der Waals surface area contributed by atoms with Crippen LogP contribution in [0.1, 0.15) is 37.6 Å². The quantitative estimate of drug-likeness (QED) is 0.340. The van der Waals surface area contributed by atoms with Gasteiger partial charge in [-0.2, -0.15) is 0 Å². The second-order valence-electron chi connectivity index (χ2n) is 7.38. The molecule has 30 heavy (non-hydrogen) atoms. The predicted octanol–water partition coefficient (Wildman–Crippen LogP) is 6.24. The number of allylic oxidation sites excluding steroid dienone is 2. The Morgan fingerprint density at radius 3 is 2.37 bits per heavy atom. The van der Waals surface area contributed by atoms with Crippen molar-refractivity contribution in [1.82, 2.24) is 9.97 Å². The number of halogens is 1. The molecule has 1 heterocycles. The van der Waals surface area contributed by atoms with E-state index in [0.29, 0.717) is 12.0 Å². The van der Waals surface area contributed by atoms with Gasteiger partial charge in [-0.1, -0.05) is 54.6 Å². The summed E-state index contributed by atoms with van der Waals surface area (Å²) in [5.41, 5.74) is 4.15. The molecule has 2 aromatic carbocycles. The zero-order chi connectivity index (χ0) is 21.3. The Morgan fingerprint density at radius 2 is 1.73 bits per heavy atom. The molecule has 1 aromatic heterocycles. The Balaban J connectivity index is 1.68. The van der Waals surface area contributed by atoms with Crippen molar-refractivity contribution in [3.63, 3.8) is 0 Å². The molecule has 0 aliphatic rings. The third-order valence-corrected chi connectivity index (χ3v) is 4.86. The van der Waals surface area contributed by atoms with Crippen molar-refractivity contribution in [2.24, 2.45) is 0 Å². The van der Waals surface area contributed by atoms with Crippen LogP contribution in [0.4, 0.5) is 4.39 Å². The Bertz CT molecular complexity index is 993. The second-order valence-corrected chi connectivity index (χ2v) is 7.38. The summed E-state index contributed by atoms with van der Waals surface area (Å²) in [6.07, 6.45) is 12.2. The Labute approximate surface area is 177 Å². The molecule has 3 rings (SSSR count). The maximum atomic E-state index is 14.7. The van der Waals surface area contributed by atoms with E-state index in [0.717, 1.165) is 47.3 Å². The molecule has 3 nitrogen and oxygen atoms in total. The zero-order valence-electron chi connectivity index (χ0n) is 17.3. The molecule has 0 spiro atoms. The van der Waals surface area contributed by atoms with Gasteiger partial charge in [0.2, 0.25) is 0 Å². The highest BCUT2D eigenvalue weighted by atomic mass is 19.1. The van der Waals surface area contributed by atoms with Gasteiger partial charge in [0.05, 0.1) is 6.10 Å². The highest BCUT2D eigenvalue weighted by molar-refractivity contribution is 5.71. The normalized spacial score (nSPS) is 12.2. The molecule has 0 fully saturated rings. The van der Waals surface area contributed by atoms with E-state index in [9.17, 15) is 9.50 Å². The van der Waals surface area contributed by atoms with Gasteiger partial charge in [0.25, 0.3) is 0 Å². The van der Waals surface area contributed by atoms with E-state index < -0.39 is 0 Å². The van der Waals surface area contributed by atoms with Crippen molar-refractivity contribution < 1.29 is 9.50 Å². The average Bonchev–Trinajstić information content (AvgIpc) is 2.74. The third kappa shape index (κ3) is 5.94. The molecule has 0 amide bonds. The lowest BCUT2D eigenvalue weighted by atomic mass is 10.00. The molecule has 4 heteroatoms. The fraction of sp³-hybridized carbons (Fsp3) is 0.231. The van der Waals surface area contributed by atoms with Crippen LogP contribution in [0.2, 0.25) is 0 Å². The molecular weight excluding hydrogens is 375 g/mol. The number of aliphatic hydroxyl groups is 1. The molecular formula is C26H27FN2O. The number of hydrogen-bond acceptors (Lipinski definition) is 3. The first-order chi connectivity index (χ1) is 14.6. The van der Waals surface area contributed by atoms with E-state index in [2.05, 4.69) is 16.5 Å². The summed E-state index contributed by atoms with van der Waals surface area (Å²) in [5.74, 6) is 0.496. The third-order valence-electron chi connectivity index (χ3n) is 4.86. The Morgan fingerprint density at radius 1 is 1.03 bits per heavy atom. The molecule has 0 radical (unpaired) electrons. The van der Waals surface area contributed by atoms with Crippen molar-refractivity contribution in [3.05, 3.63) is 90.8 Å². The second kappa shape index (κ2) is 10.6. The minimum atomic E-state index is -0.273. The topological polar surface area (TPSA) is 46.0 Å². The fourth-order valence-corrected chi connectivity index (χ4v) is 3.20. The maximum absolute atomic E-state index is 14.7. The molecule has 0 saturated carbocycles. The van der Waals surface area contributed by atoms with Crippen LogP contribution in [0, 0.1) is 5.82 Å². The molecule has 3 aromatic rings. The first kappa shape index (κ1) is 21.6. The van der Waals surface area contributed by atoms with E-state index in [1.54, 1.807) is 31.5 Å². The number of unbranched alkanes of at least 4 members (excludes halogenated alkanes) is 1. The van der Waals surface area contributed by atoms with Crippen LogP contribution in [0.5, 0.6) is 0 Å². The SMILES string of the molecule is C=CCc1ncc(-c2ccc(-c3ccc(/C=C/CCCC(C)O)cc3F)cc2)cn1. The van der Waals surface area contributed by atoms with Crippen molar-refractivity contribution in [2.45, 2.75) is 38.7 Å². The van der Waals surface area contributed by atoms with E-state index in [1.807, 2.05) is 48.6 Å². The number of nitrogens with zero attached hydrogens (tertiary/aromatic N) is 2. The summed E-state index contributed by atoms with van der Waals surface area (Å²) in [6.45, 7) is 5.48. The van der Waals surface area contributed by atoms with Crippen molar-refractivity contribution >= 4 is 6.08 Å². The van der Waals surface area contributed by atoms with Gasteiger partial charge in [-0.05, 0) is 48.9 Å². The van der Waals surface area contributed by atoms with Crippen LogP contribution in [0.3, 0.4) is 0 Å². The lowest BCUT2D eigenvalue weighted by Crippen LogP contribution is -1.97. The average molecular weight is 403 g/mol. The lowest BCUT2D eigenvalue weighted by Gasteiger charge is -2.07. The van der Waals surface area contributed by atoms with Gasteiger partial charge in [0.1, 0.15) is 11.6 Å². The Kier molecular flexibility index (Phi) is 7.63. The molecule has 154 valence electrons. The van der Waals surface area contributed by atoms with E-state index in [1.165, 1.54) is 0 Å². The van der Waals surface area contributed by atoms with Crippen LogP contribution in [-0.4, -0.2) is 21.2 Å². The minimum absolute atomic E-state index is 0.244. The van der Waals surface area contributed by atoms with Gasteiger partial charge < -0.3 is 5.11 Å². The molecule has 0 aliphatic carbocycles. The fourth-order valence-electron chi connectivity index (χ4n) is 3.20. The molecule has 0 aliphatic heterocycles. The summed E-state index contributed by atoms with van der Waals surface area (Å²) in [7, 11) is 0. The monoisotopic (exact) mass is 402 g/mol. The standard InChI is InChI=1S/C26H27FN2O/c1-3-7-26-28-17-23(18-29-26)21-11-13-22(14-12-21)24-15-10-20(16-25(24)27)9-6-4-5-8-19(2)30/h3,6,9-19,30H,1,4-5,7-8H2,2H3/b9-6+. The summed E-state index contributed by atoms with van der Waals surface area (Å²) < 4.78 is 14.7. The van der Waals surface area contributed by atoms with Gasteiger partial charge in [-0.15, -0.1) is 6.58 Å². The first-order valence-corrected chi connectivity index (χ1v) is 10.2. The van der Waals surface area contributed by atoms with Crippen LogP contribution >= 0.6 is 0 Å². The van der Waals surface area contributed by atoms with Gasteiger partial charge in [-0.3, -0.25) is 0 Å². The number of hydrogen-bond donors (Lipinski definition) is 1. The number of aliphatic hydroxyl groups excluding tert-OH is 1. The van der Waals surface area contributed by atoms with Crippen LogP contribution in [-0.2, 0) is 6.42 Å². The summed E-state index contributed by atoms with van der Waals surface area (Å²) >= 11 is 0. The molecule has 1 unspecified atom stereocenters. The maximum Gasteiger partial charge on any atom is 0.131 e. The predicted molar refractivity (Wildman–Crippen MR) is 121 cm³/mol. The van der Waals surface area contributed by atoms with Crippen LogP contribution < -0.4 is 0 Å². The summed E-state index contributed by atoms with van der Waals surface area (Å²) in [6, 6.07) is 13.0. The van der Waals surface area contributed by atoms with Gasteiger partial charge in [0.15, 0.2) is 0 Å². The number of benzene rings is 2. The highest BCUT2D eigenvalue weighted by Gasteiger charge is 2.07. The van der Waals surface area contributed by atoms with E-state index in [4.69, 9.17) is 0 Å². The van der Waals surface area contributed by atoms with Gasteiger partial charge >= 0.3 is 0 Å².